The molecule has 0 N–H and O–H groups in total. The first-order valence-corrected chi connectivity index (χ1v) is 9.38. The Kier molecular flexibility index (Phi) is 5.56. The Morgan fingerprint density at radius 1 is 1.09 bits per heavy atom. The zero-order valence-corrected chi connectivity index (χ0v) is 14.8. The van der Waals surface area contributed by atoms with Crippen LogP contribution >= 0.6 is 15.9 Å². The number of alkyl halides is 3. The number of piperidine rings is 1. The number of hydrogen-bond acceptors (Lipinski definition) is 3. The summed E-state index contributed by atoms with van der Waals surface area (Å²) in [5, 5.41) is 3.96. The Bertz CT molecular complexity index is 428. The predicted molar refractivity (Wildman–Crippen MR) is 86.5 cm³/mol. The van der Waals surface area contributed by atoms with E-state index in [0.717, 1.165) is 56.4 Å². The highest BCUT2D eigenvalue weighted by Crippen LogP contribution is 2.40. The monoisotopic (exact) mass is 396 g/mol. The fraction of sp³-hybridized carbons (Fsp3) is 0.938. The molecular formula is C16H24BrF3N2O. The van der Waals surface area contributed by atoms with E-state index < -0.39 is 12.1 Å². The molecule has 2 heterocycles. The van der Waals surface area contributed by atoms with E-state index in [-0.39, 0.29) is 6.10 Å². The minimum Gasteiger partial charge on any atom is -0.391 e. The van der Waals surface area contributed by atoms with Crippen molar-refractivity contribution in [3.63, 3.8) is 0 Å². The number of nitrogens with zero attached hydrogens (tertiary/aromatic N) is 2. The minimum absolute atomic E-state index is 0.203. The third-order valence-corrected chi connectivity index (χ3v) is 6.11. The van der Waals surface area contributed by atoms with Crippen molar-refractivity contribution in [3.8, 4) is 0 Å². The van der Waals surface area contributed by atoms with Gasteiger partial charge >= 0.3 is 6.18 Å². The zero-order chi connectivity index (χ0) is 16.4. The van der Waals surface area contributed by atoms with E-state index >= 15 is 0 Å². The minimum atomic E-state index is -4.00. The molecular weight excluding hydrogens is 373 g/mol. The first kappa shape index (κ1) is 17.5. The van der Waals surface area contributed by atoms with Crippen molar-refractivity contribution >= 4 is 20.6 Å². The second-order valence-corrected chi connectivity index (χ2v) is 8.13. The van der Waals surface area contributed by atoms with Crippen LogP contribution in [-0.2, 0) is 4.84 Å². The topological polar surface area (TPSA) is 24.8 Å². The molecule has 0 aromatic rings. The molecule has 0 amide bonds. The lowest BCUT2D eigenvalue weighted by atomic mass is 9.81. The summed E-state index contributed by atoms with van der Waals surface area (Å²) < 4.78 is 39.0. The maximum absolute atomic E-state index is 12.7. The van der Waals surface area contributed by atoms with Crippen LogP contribution in [0.1, 0.15) is 44.9 Å². The van der Waals surface area contributed by atoms with E-state index in [1.165, 1.54) is 0 Å². The van der Waals surface area contributed by atoms with Gasteiger partial charge < -0.3 is 9.74 Å². The predicted octanol–water partition coefficient (Wildman–Crippen LogP) is 4.56. The van der Waals surface area contributed by atoms with Gasteiger partial charge in [0.05, 0.1) is 5.92 Å². The Labute approximate surface area is 143 Å². The number of halogens is 4. The maximum atomic E-state index is 12.7. The SMILES string of the molecule is FC(F)(F)C1CCC(CN2CCC(C3CC(Br)=NO3)CC2)CC1. The molecule has 1 saturated carbocycles. The Balaban J connectivity index is 1.37. The molecule has 2 aliphatic heterocycles. The van der Waals surface area contributed by atoms with Crippen molar-refractivity contribution in [2.45, 2.75) is 57.2 Å². The highest BCUT2D eigenvalue weighted by atomic mass is 79.9. The summed E-state index contributed by atoms with van der Waals surface area (Å²) in [6.45, 7) is 3.02. The molecule has 23 heavy (non-hydrogen) atoms. The van der Waals surface area contributed by atoms with Crippen LogP contribution < -0.4 is 0 Å². The van der Waals surface area contributed by atoms with Gasteiger partial charge in [-0.3, -0.25) is 0 Å². The van der Waals surface area contributed by atoms with Crippen LogP contribution in [0.3, 0.4) is 0 Å². The molecule has 0 bridgehead atoms. The fourth-order valence-electron chi connectivity index (χ4n) is 4.16. The molecule has 1 aliphatic carbocycles. The molecule has 3 rings (SSSR count). The molecule has 3 nitrogen and oxygen atoms in total. The lowest BCUT2D eigenvalue weighted by molar-refractivity contribution is -0.184. The summed E-state index contributed by atoms with van der Waals surface area (Å²) in [6, 6.07) is 0. The summed E-state index contributed by atoms with van der Waals surface area (Å²) in [4.78, 5) is 7.88. The maximum Gasteiger partial charge on any atom is 0.391 e. The van der Waals surface area contributed by atoms with Gasteiger partial charge in [0, 0.05) is 18.9 Å². The van der Waals surface area contributed by atoms with Gasteiger partial charge in [-0.25, -0.2) is 0 Å². The van der Waals surface area contributed by atoms with Crippen LogP contribution in [0.5, 0.6) is 0 Å². The van der Waals surface area contributed by atoms with Crippen molar-refractivity contribution in [3.05, 3.63) is 0 Å². The zero-order valence-electron chi connectivity index (χ0n) is 13.2. The summed E-state index contributed by atoms with van der Waals surface area (Å²) in [5.41, 5.74) is 0. The lowest BCUT2D eigenvalue weighted by Crippen LogP contribution is -2.41. The molecule has 1 atom stereocenters. The number of oxime groups is 1. The molecule has 0 aromatic heterocycles. The summed E-state index contributed by atoms with van der Waals surface area (Å²) >= 11 is 3.38. The van der Waals surface area contributed by atoms with Crippen molar-refractivity contribution in [2.75, 3.05) is 19.6 Å². The summed E-state index contributed by atoms with van der Waals surface area (Å²) in [5.74, 6) is -0.0844. The van der Waals surface area contributed by atoms with E-state index in [1.807, 2.05) is 0 Å². The van der Waals surface area contributed by atoms with E-state index in [2.05, 4.69) is 26.0 Å². The quantitative estimate of drug-likeness (QED) is 0.697. The van der Waals surface area contributed by atoms with Gasteiger partial charge in [0.25, 0.3) is 0 Å². The number of rotatable bonds is 3. The van der Waals surface area contributed by atoms with E-state index in [4.69, 9.17) is 4.84 Å². The molecule has 2 fully saturated rings. The average molecular weight is 397 g/mol. The third-order valence-electron chi connectivity index (χ3n) is 5.64. The molecule has 3 aliphatic rings. The Morgan fingerprint density at radius 2 is 1.74 bits per heavy atom. The van der Waals surface area contributed by atoms with Crippen LogP contribution in [0.15, 0.2) is 5.16 Å². The summed E-state index contributed by atoms with van der Waals surface area (Å²) in [6.07, 6.45) is 1.32. The fourth-order valence-corrected chi connectivity index (χ4v) is 4.57. The second-order valence-electron chi connectivity index (χ2n) is 7.21. The average Bonchev–Trinajstić information content (AvgIpc) is 2.94. The Hall–Kier alpha value is -0.300. The summed E-state index contributed by atoms with van der Waals surface area (Å²) in [7, 11) is 0. The Morgan fingerprint density at radius 3 is 2.26 bits per heavy atom. The first-order valence-electron chi connectivity index (χ1n) is 8.59. The van der Waals surface area contributed by atoms with Crippen LogP contribution in [-0.4, -0.2) is 41.4 Å². The molecule has 0 radical (unpaired) electrons. The van der Waals surface area contributed by atoms with Crippen LogP contribution in [0.4, 0.5) is 13.2 Å². The van der Waals surface area contributed by atoms with E-state index in [9.17, 15) is 13.2 Å². The van der Waals surface area contributed by atoms with Crippen LogP contribution in [0.25, 0.3) is 0 Å². The normalized spacial score (nSPS) is 34.3. The molecule has 0 spiro atoms. The van der Waals surface area contributed by atoms with Crippen molar-refractivity contribution < 1.29 is 18.0 Å². The van der Waals surface area contributed by atoms with Crippen molar-refractivity contribution in [1.29, 1.82) is 0 Å². The highest BCUT2D eigenvalue weighted by Gasteiger charge is 2.41. The van der Waals surface area contributed by atoms with Gasteiger partial charge in [-0.2, -0.15) is 13.2 Å². The highest BCUT2D eigenvalue weighted by molar-refractivity contribution is 9.18. The van der Waals surface area contributed by atoms with E-state index in [0.29, 0.717) is 24.7 Å². The van der Waals surface area contributed by atoms with Crippen LogP contribution in [0.2, 0.25) is 0 Å². The standard InChI is InChI=1S/C16H24BrF3N2O/c17-15-9-14(23-21-15)12-5-7-22(8-6-12)10-11-1-3-13(4-2-11)16(18,19)20/h11-14H,1-10H2. The lowest BCUT2D eigenvalue weighted by Gasteiger charge is -2.37. The molecule has 132 valence electrons. The van der Waals surface area contributed by atoms with Gasteiger partial charge in [0.15, 0.2) is 0 Å². The van der Waals surface area contributed by atoms with Crippen molar-refractivity contribution in [1.82, 2.24) is 4.90 Å². The van der Waals surface area contributed by atoms with Crippen LogP contribution in [0, 0.1) is 17.8 Å². The van der Waals surface area contributed by atoms with Gasteiger partial charge in [-0.1, -0.05) is 5.16 Å². The second kappa shape index (κ2) is 7.30. The number of hydrogen-bond donors (Lipinski definition) is 0. The van der Waals surface area contributed by atoms with Gasteiger partial charge in [0.1, 0.15) is 10.7 Å². The number of likely N-dealkylation sites (tertiary alicyclic amines) is 1. The largest absolute Gasteiger partial charge is 0.391 e. The smallest absolute Gasteiger partial charge is 0.391 e. The third kappa shape index (κ3) is 4.62. The van der Waals surface area contributed by atoms with E-state index in [1.54, 1.807) is 0 Å². The molecule has 1 unspecified atom stereocenters. The molecule has 7 heteroatoms. The first-order chi connectivity index (χ1) is 10.9. The van der Waals surface area contributed by atoms with Gasteiger partial charge in [0.2, 0.25) is 0 Å². The molecule has 0 aromatic carbocycles. The van der Waals surface area contributed by atoms with Gasteiger partial charge in [-0.05, 0) is 73.5 Å². The van der Waals surface area contributed by atoms with Crippen molar-refractivity contribution in [2.24, 2.45) is 22.9 Å². The van der Waals surface area contributed by atoms with Gasteiger partial charge in [-0.15, -0.1) is 0 Å². The molecule has 1 saturated heterocycles.